The van der Waals surface area contributed by atoms with Gasteiger partial charge in [-0.25, -0.2) is 0 Å². The average molecular weight is 518 g/mol. The number of carbonyl (C=O) groups is 1. The highest BCUT2D eigenvalue weighted by Crippen LogP contribution is 2.65. The number of amides is 1. The van der Waals surface area contributed by atoms with E-state index in [9.17, 15) is 4.79 Å². The standard InChI is InChI=1S/C32H31N5O2/c1-36-13-15-37(16-14-36)20-22-5-3-21(4-6-22)7-11-28-25-10-8-23(17-30(25)35-34-28)27-19-32(27)26-18-24(39-2)9-12-29(26)33-31(32)38/h3-6,8-10,12,17-18,27H,13-16,19-20H2,1-2H3,(H,33,38)(H,34,35). The van der Waals surface area contributed by atoms with Crippen LogP contribution in [-0.4, -0.2) is 66.2 Å². The maximum Gasteiger partial charge on any atom is 0.235 e. The van der Waals surface area contributed by atoms with Gasteiger partial charge in [0.05, 0.1) is 18.0 Å². The van der Waals surface area contributed by atoms with Crippen LogP contribution in [0.2, 0.25) is 0 Å². The molecule has 3 heterocycles. The van der Waals surface area contributed by atoms with Gasteiger partial charge in [-0.05, 0) is 78.5 Å². The molecule has 2 N–H and O–H groups in total. The monoisotopic (exact) mass is 517 g/mol. The van der Waals surface area contributed by atoms with E-state index < -0.39 is 5.41 Å². The smallest absolute Gasteiger partial charge is 0.235 e. The van der Waals surface area contributed by atoms with E-state index >= 15 is 0 Å². The van der Waals surface area contributed by atoms with E-state index in [2.05, 4.69) is 86.7 Å². The molecular formula is C32H31N5O2. The number of nitrogens with zero attached hydrogens (tertiary/aromatic N) is 3. The Labute approximate surface area is 228 Å². The largest absolute Gasteiger partial charge is 0.497 e. The first-order chi connectivity index (χ1) is 19.0. The Bertz CT molecular complexity index is 1640. The molecule has 1 saturated heterocycles. The lowest BCUT2D eigenvalue weighted by Gasteiger charge is -2.32. The highest BCUT2D eigenvalue weighted by Gasteiger charge is 2.65. The molecule has 2 atom stereocenters. The van der Waals surface area contributed by atoms with E-state index in [1.165, 1.54) is 5.56 Å². The van der Waals surface area contributed by atoms with Crippen LogP contribution in [0.3, 0.4) is 0 Å². The van der Waals surface area contributed by atoms with Crippen LogP contribution in [0.5, 0.6) is 5.75 Å². The second-order valence-corrected chi connectivity index (χ2v) is 11.0. The number of rotatable bonds is 4. The minimum absolute atomic E-state index is 0.0685. The predicted octanol–water partition coefficient (Wildman–Crippen LogP) is 4.10. The number of H-pyrrole nitrogens is 1. The summed E-state index contributed by atoms with van der Waals surface area (Å²) in [4.78, 5) is 17.9. The number of anilines is 1. The van der Waals surface area contributed by atoms with Crippen LogP contribution >= 0.6 is 0 Å². The van der Waals surface area contributed by atoms with E-state index in [4.69, 9.17) is 4.74 Å². The minimum Gasteiger partial charge on any atom is -0.497 e. The van der Waals surface area contributed by atoms with Crippen LogP contribution < -0.4 is 10.1 Å². The molecule has 3 aromatic carbocycles. The predicted molar refractivity (Wildman–Crippen MR) is 152 cm³/mol. The van der Waals surface area contributed by atoms with Gasteiger partial charge in [0, 0.05) is 55.3 Å². The number of fused-ring (bicyclic) bond motifs is 3. The molecule has 1 aromatic heterocycles. The van der Waals surface area contributed by atoms with Gasteiger partial charge in [-0.15, -0.1) is 0 Å². The molecule has 2 fully saturated rings. The number of hydrogen-bond donors (Lipinski definition) is 2. The summed E-state index contributed by atoms with van der Waals surface area (Å²) in [5.74, 6) is 7.51. The molecule has 3 aliphatic rings. The molecule has 0 bridgehead atoms. The first kappa shape index (κ1) is 24.0. The van der Waals surface area contributed by atoms with E-state index in [1.807, 2.05) is 18.2 Å². The zero-order chi connectivity index (χ0) is 26.6. The van der Waals surface area contributed by atoms with Crippen molar-refractivity contribution in [2.24, 2.45) is 0 Å². The lowest BCUT2D eigenvalue weighted by molar-refractivity contribution is -0.118. The number of methoxy groups -OCH3 is 1. The highest BCUT2D eigenvalue weighted by molar-refractivity contribution is 6.10. The fraction of sp³-hybridized carbons (Fsp3) is 0.312. The second-order valence-electron chi connectivity index (χ2n) is 11.0. The number of hydrogen-bond acceptors (Lipinski definition) is 5. The first-order valence-electron chi connectivity index (χ1n) is 13.5. The molecule has 7 rings (SSSR count). The maximum absolute atomic E-state index is 13.0. The van der Waals surface area contributed by atoms with Crippen molar-refractivity contribution in [2.45, 2.75) is 24.3 Å². The van der Waals surface area contributed by atoms with Crippen molar-refractivity contribution in [3.8, 4) is 17.6 Å². The summed E-state index contributed by atoms with van der Waals surface area (Å²) in [6.07, 6.45) is 0.784. The number of likely N-dealkylation sites (N-methyl/N-ethyl adjacent to an activating group) is 1. The molecular weight excluding hydrogens is 486 g/mol. The third kappa shape index (κ3) is 4.17. The van der Waals surface area contributed by atoms with E-state index in [-0.39, 0.29) is 11.8 Å². The molecule has 2 unspecified atom stereocenters. The Hall–Kier alpha value is -4.12. The summed E-state index contributed by atoms with van der Waals surface area (Å²) in [5, 5.41) is 11.7. The van der Waals surface area contributed by atoms with Crippen LogP contribution in [0.4, 0.5) is 5.69 Å². The van der Waals surface area contributed by atoms with Crippen LogP contribution in [0.1, 0.15) is 40.3 Å². The van der Waals surface area contributed by atoms with Gasteiger partial charge in [0.15, 0.2) is 0 Å². The van der Waals surface area contributed by atoms with E-state index in [0.717, 1.165) is 83.9 Å². The van der Waals surface area contributed by atoms with Crippen molar-refractivity contribution in [3.05, 3.63) is 88.6 Å². The molecule has 1 saturated carbocycles. The van der Waals surface area contributed by atoms with Crippen molar-refractivity contribution in [1.29, 1.82) is 0 Å². The third-order valence-electron chi connectivity index (χ3n) is 8.59. The number of aromatic nitrogens is 2. The van der Waals surface area contributed by atoms with Gasteiger partial charge in [0.2, 0.25) is 5.91 Å². The fourth-order valence-electron chi connectivity index (χ4n) is 6.13. The maximum atomic E-state index is 13.0. The van der Waals surface area contributed by atoms with E-state index in [0.29, 0.717) is 0 Å². The summed E-state index contributed by atoms with van der Waals surface area (Å²) in [6, 6.07) is 20.6. The number of ether oxygens (including phenoxy) is 1. The van der Waals surface area contributed by atoms with Gasteiger partial charge in [-0.1, -0.05) is 24.1 Å². The summed E-state index contributed by atoms with van der Waals surface area (Å²) >= 11 is 0. The quantitative estimate of drug-likeness (QED) is 0.399. The number of aromatic amines is 1. The lowest BCUT2D eigenvalue weighted by atomic mass is 9.91. The fourth-order valence-corrected chi connectivity index (χ4v) is 6.13. The Morgan fingerprint density at radius 2 is 1.85 bits per heavy atom. The topological polar surface area (TPSA) is 73.5 Å². The van der Waals surface area contributed by atoms with Gasteiger partial charge in [-0.2, -0.15) is 5.10 Å². The van der Waals surface area contributed by atoms with Crippen LogP contribution in [-0.2, 0) is 16.8 Å². The van der Waals surface area contributed by atoms with Gasteiger partial charge in [0.1, 0.15) is 11.4 Å². The van der Waals surface area contributed by atoms with Crippen LogP contribution in [0, 0.1) is 11.8 Å². The van der Waals surface area contributed by atoms with Crippen molar-refractivity contribution in [3.63, 3.8) is 0 Å². The molecule has 1 amide bonds. The Balaban J connectivity index is 1.08. The number of carbonyl (C=O) groups excluding carboxylic acids is 1. The lowest BCUT2D eigenvalue weighted by Crippen LogP contribution is -2.43. The molecule has 7 nitrogen and oxygen atoms in total. The van der Waals surface area contributed by atoms with Gasteiger partial charge >= 0.3 is 0 Å². The molecule has 0 radical (unpaired) electrons. The van der Waals surface area contributed by atoms with E-state index in [1.54, 1.807) is 7.11 Å². The van der Waals surface area contributed by atoms with Gasteiger partial charge in [-0.3, -0.25) is 14.8 Å². The number of benzene rings is 3. The molecule has 1 aliphatic carbocycles. The van der Waals surface area contributed by atoms with Crippen molar-refractivity contribution in [2.75, 3.05) is 45.7 Å². The molecule has 2 aliphatic heterocycles. The molecule has 7 heteroatoms. The first-order valence-corrected chi connectivity index (χ1v) is 13.5. The second kappa shape index (κ2) is 9.26. The Morgan fingerprint density at radius 1 is 1.03 bits per heavy atom. The highest BCUT2D eigenvalue weighted by atomic mass is 16.5. The Morgan fingerprint density at radius 3 is 2.64 bits per heavy atom. The normalized spacial score (nSPS) is 22.4. The number of nitrogens with one attached hydrogen (secondary N) is 2. The zero-order valence-electron chi connectivity index (χ0n) is 22.3. The van der Waals surface area contributed by atoms with Crippen molar-refractivity contribution < 1.29 is 9.53 Å². The van der Waals surface area contributed by atoms with Crippen LogP contribution in [0.25, 0.3) is 10.9 Å². The average Bonchev–Trinajstić information content (AvgIpc) is 3.50. The summed E-state index contributed by atoms with van der Waals surface area (Å²) in [5.41, 5.74) is 6.48. The molecule has 196 valence electrons. The SMILES string of the molecule is COc1ccc2c(c1)C1(CC1c1ccc3c(C#Cc4ccc(CN5CCN(C)CC5)cc4)[nH]nc3c1)C(=O)N2. The van der Waals surface area contributed by atoms with Crippen LogP contribution in [0.15, 0.2) is 60.7 Å². The summed E-state index contributed by atoms with van der Waals surface area (Å²) in [6.45, 7) is 5.47. The van der Waals surface area contributed by atoms with Crippen molar-refractivity contribution in [1.82, 2.24) is 20.0 Å². The number of piperazine rings is 1. The zero-order valence-corrected chi connectivity index (χ0v) is 22.3. The molecule has 1 spiro atoms. The Kier molecular flexibility index (Phi) is 5.69. The summed E-state index contributed by atoms with van der Waals surface area (Å²) in [7, 11) is 3.84. The molecule has 4 aromatic rings. The molecule has 39 heavy (non-hydrogen) atoms. The minimum atomic E-state index is -0.521. The summed E-state index contributed by atoms with van der Waals surface area (Å²) < 4.78 is 5.42. The van der Waals surface area contributed by atoms with Gasteiger partial charge < -0.3 is 15.0 Å². The van der Waals surface area contributed by atoms with Crippen molar-refractivity contribution >= 4 is 22.5 Å². The van der Waals surface area contributed by atoms with Gasteiger partial charge in [0.25, 0.3) is 0 Å². The third-order valence-corrected chi connectivity index (χ3v) is 8.59.